The van der Waals surface area contributed by atoms with Gasteiger partial charge in [0.1, 0.15) is 12.2 Å². The van der Waals surface area contributed by atoms with Gasteiger partial charge in [0.15, 0.2) is 0 Å². The molecule has 12 heteroatoms. The van der Waals surface area contributed by atoms with Gasteiger partial charge in [0.05, 0.1) is 5.69 Å². The highest BCUT2D eigenvalue weighted by Gasteiger charge is 2.57. The van der Waals surface area contributed by atoms with Gasteiger partial charge in [-0.1, -0.05) is 0 Å². The van der Waals surface area contributed by atoms with Crippen LogP contribution in [0, 0.1) is 0 Å². The first kappa shape index (κ1) is 20.4. The van der Waals surface area contributed by atoms with Crippen molar-refractivity contribution in [1.29, 1.82) is 0 Å². The lowest BCUT2D eigenvalue weighted by Gasteiger charge is -2.21. The fourth-order valence-corrected chi connectivity index (χ4v) is 2.82. The molecular formula is C19H13F5N6O. The van der Waals surface area contributed by atoms with Gasteiger partial charge in [-0.25, -0.2) is 9.67 Å². The van der Waals surface area contributed by atoms with Crippen molar-refractivity contribution in [3.05, 3.63) is 71.4 Å². The highest BCUT2D eigenvalue weighted by Crippen LogP contribution is 2.36. The van der Waals surface area contributed by atoms with Crippen LogP contribution in [0.1, 0.15) is 0 Å². The molecule has 0 bridgehead atoms. The molecule has 0 fully saturated rings. The molecule has 0 spiro atoms. The zero-order valence-electron chi connectivity index (χ0n) is 15.5. The molecule has 1 aromatic carbocycles. The number of halogens is 5. The SMILES string of the molecule is O=c1ccc2cnc(Nc3ccc(-n4cccn4)cc3)nc2n1CC(F)(F)C(F)(F)F. The van der Waals surface area contributed by atoms with E-state index in [-0.39, 0.29) is 21.5 Å². The second kappa shape index (κ2) is 7.45. The van der Waals surface area contributed by atoms with Crippen LogP contribution in [-0.2, 0) is 6.54 Å². The number of aromatic nitrogens is 5. The van der Waals surface area contributed by atoms with Crippen LogP contribution >= 0.6 is 0 Å². The fraction of sp³-hybridized carbons (Fsp3) is 0.158. The Kier molecular flexibility index (Phi) is 4.91. The monoisotopic (exact) mass is 436 g/mol. The third-order valence-corrected chi connectivity index (χ3v) is 4.39. The quantitative estimate of drug-likeness (QED) is 0.480. The van der Waals surface area contributed by atoms with Gasteiger partial charge in [0, 0.05) is 35.7 Å². The summed E-state index contributed by atoms with van der Waals surface area (Å²) in [5.41, 5.74) is -0.0781. The van der Waals surface area contributed by atoms with Crippen molar-refractivity contribution in [2.24, 2.45) is 0 Å². The van der Waals surface area contributed by atoms with Crippen molar-refractivity contribution in [1.82, 2.24) is 24.3 Å². The summed E-state index contributed by atoms with van der Waals surface area (Å²) in [5, 5.41) is 7.06. The molecule has 0 atom stereocenters. The summed E-state index contributed by atoms with van der Waals surface area (Å²) in [7, 11) is 0. The topological polar surface area (TPSA) is 77.6 Å². The number of hydrogen-bond acceptors (Lipinski definition) is 5. The van der Waals surface area contributed by atoms with E-state index in [9.17, 15) is 26.7 Å². The van der Waals surface area contributed by atoms with Crippen molar-refractivity contribution >= 4 is 22.7 Å². The van der Waals surface area contributed by atoms with Crippen LogP contribution in [0.25, 0.3) is 16.7 Å². The summed E-state index contributed by atoms with van der Waals surface area (Å²) in [5.74, 6) is -5.18. The molecule has 160 valence electrons. The zero-order chi connectivity index (χ0) is 22.2. The Balaban J connectivity index is 1.66. The van der Waals surface area contributed by atoms with Gasteiger partial charge < -0.3 is 5.32 Å². The zero-order valence-corrected chi connectivity index (χ0v) is 15.5. The van der Waals surface area contributed by atoms with Gasteiger partial charge in [-0.3, -0.25) is 9.36 Å². The van der Waals surface area contributed by atoms with Gasteiger partial charge in [0.25, 0.3) is 5.56 Å². The number of nitrogens with one attached hydrogen (secondary N) is 1. The molecule has 3 aromatic heterocycles. The van der Waals surface area contributed by atoms with E-state index in [4.69, 9.17) is 0 Å². The summed E-state index contributed by atoms with van der Waals surface area (Å²) in [6.45, 7) is -1.89. The Hall–Kier alpha value is -3.83. The molecule has 0 saturated heterocycles. The number of alkyl halides is 5. The Labute approximate surface area is 170 Å². The maximum absolute atomic E-state index is 13.6. The molecule has 4 aromatic rings. The Morgan fingerprint density at radius 2 is 1.74 bits per heavy atom. The summed E-state index contributed by atoms with van der Waals surface area (Å²) in [6.07, 6.45) is -1.20. The number of fused-ring (bicyclic) bond motifs is 1. The minimum Gasteiger partial charge on any atom is -0.324 e. The number of benzene rings is 1. The first-order chi connectivity index (χ1) is 14.6. The number of hydrogen-bond donors (Lipinski definition) is 1. The molecular weight excluding hydrogens is 423 g/mol. The van der Waals surface area contributed by atoms with E-state index in [0.29, 0.717) is 5.69 Å². The molecule has 31 heavy (non-hydrogen) atoms. The molecule has 0 radical (unpaired) electrons. The normalized spacial score (nSPS) is 12.3. The van der Waals surface area contributed by atoms with Crippen LogP contribution in [-0.4, -0.2) is 36.4 Å². The molecule has 0 amide bonds. The van der Waals surface area contributed by atoms with Crippen LogP contribution < -0.4 is 10.9 Å². The van der Waals surface area contributed by atoms with Crippen LogP contribution in [0.15, 0.2) is 65.8 Å². The molecule has 0 unspecified atom stereocenters. The van der Waals surface area contributed by atoms with Gasteiger partial charge in [-0.2, -0.15) is 32.0 Å². The van der Waals surface area contributed by atoms with Gasteiger partial charge in [0.2, 0.25) is 5.95 Å². The summed E-state index contributed by atoms with van der Waals surface area (Å²) >= 11 is 0. The maximum atomic E-state index is 13.6. The number of nitrogens with zero attached hydrogens (tertiary/aromatic N) is 5. The average molecular weight is 436 g/mol. The predicted octanol–water partition coefficient (Wildman–Crippen LogP) is 3.92. The van der Waals surface area contributed by atoms with Gasteiger partial charge in [-0.15, -0.1) is 0 Å². The first-order valence-electron chi connectivity index (χ1n) is 8.82. The van der Waals surface area contributed by atoms with Crippen LogP contribution in [0.4, 0.5) is 33.6 Å². The molecule has 0 aliphatic rings. The minimum atomic E-state index is -5.81. The fourth-order valence-electron chi connectivity index (χ4n) is 2.82. The minimum absolute atomic E-state index is 0.0750. The third kappa shape index (κ3) is 4.09. The van der Waals surface area contributed by atoms with Crippen molar-refractivity contribution < 1.29 is 22.0 Å². The summed E-state index contributed by atoms with van der Waals surface area (Å²) in [4.78, 5) is 20.0. The summed E-state index contributed by atoms with van der Waals surface area (Å²) < 4.78 is 67.0. The van der Waals surface area contributed by atoms with E-state index in [0.717, 1.165) is 11.8 Å². The van der Waals surface area contributed by atoms with E-state index < -0.39 is 24.2 Å². The molecule has 0 aliphatic heterocycles. The molecule has 0 aliphatic carbocycles. The largest absolute Gasteiger partial charge is 0.455 e. The number of anilines is 2. The Bertz CT molecular complexity index is 1270. The maximum Gasteiger partial charge on any atom is 0.455 e. The van der Waals surface area contributed by atoms with Crippen molar-refractivity contribution in [3.8, 4) is 5.69 Å². The van der Waals surface area contributed by atoms with Crippen molar-refractivity contribution in [2.75, 3.05) is 5.32 Å². The smallest absolute Gasteiger partial charge is 0.324 e. The standard InChI is InChI=1S/C19H13F5N6O/c20-18(21,19(22,23)24)11-29-15(31)7-2-12-10-25-17(28-16(12)29)27-13-3-5-14(6-4-13)30-9-1-8-26-30/h1-10H,11H2,(H,25,27,28). The average Bonchev–Trinajstić information content (AvgIpc) is 3.25. The molecule has 1 N–H and O–H groups in total. The molecule has 3 heterocycles. The highest BCUT2D eigenvalue weighted by molar-refractivity contribution is 5.75. The molecule has 7 nitrogen and oxygen atoms in total. The second-order valence-electron chi connectivity index (χ2n) is 6.55. The van der Waals surface area contributed by atoms with E-state index in [1.165, 1.54) is 12.3 Å². The van der Waals surface area contributed by atoms with E-state index in [1.807, 2.05) is 0 Å². The van der Waals surface area contributed by atoms with E-state index >= 15 is 0 Å². The van der Waals surface area contributed by atoms with Gasteiger partial charge >= 0.3 is 12.1 Å². The third-order valence-electron chi connectivity index (χ3n) is 4.39. The number of pyridine rings is 1. The highest BCUT2D eigenvalue weighted by atomic mass is 19.4. The predicted molar refractivity (Wildman–Crippen MR) is 102 cm³/mol. The Morgan fingerprint density at radius 3 is 2.39 bits per heavy atom. The first-order valence-corrected chi connectivity index (χ1v) is 8.82. The van der Waals surface area contributed by atoms with Crippen LogP contribution in [0.3, 0.4) is 0 Å². The van der Waals surface area contributed by atoms with Crippen LogP contribution in [0.5, 0.6) is 0 Å². The van der Waals surface area contributed by atoms with Crippen LogP contribution in [0.2, 0.25) is 0 Å². The lowest BCUT2D eigenvalue weighted by atomic mass is 10.2. The van der Waals surface area contributed by atoms with E-state index in [1.54, 1.807) is 47.4 Å². The molecule has 4 rings (SSSR count). The second-order valence-corrected chi connectivity index (χ2v) is 6.55. The number of rotatable bonds is 5. The summed E-state index contributed by atoms with van der Waals surface area (Å²) in [6, 6.07) is 10.8. The van der Waals surface area contributed by atoms with Gasteiger partial charge in [-0.05, 0) is 36.4 Å². The lowest BCUT2D eigenvalue weighted by Crippen LogP contribution is -2.43. The lowest BCUT2D eigenvalue weighted by molar-refractivity contribution is -0.286. The van der Waals surface area contributed by atoms with E-state index in [2.05, 4.69) is 20.4 Å². The van der Waals surface area contributed by atoms with Crippen molar-refractivity contribution in [3.63, 3.8) is 0 Å². The van der Waals surface area contributed by atoms with Crippen molar-refractivity contribution in [2.45, 2.75) is 18.6 Å². The molecule has 0 saturated carbocycles. The Morgan fingerprint density at radius 1 is 1.00 bits per heavy atom.